The molecule has 6 heteroatoms. The molecule has 0 amide bonds. The van der Waals surface area contributed by atoms with Crippen LogP contribution in [0, 0.1) is 0 Å². The molecule has 6 nitrogen and oxygen atoms in total. The highest BCUT2D eigenvalue weighted by atomic mass is 16.3. The number of aromatic nitrogens is 3. The summed E-state index contributed by atoms with van der Waals surface area (Å²) in [7, 11) is 0. The molecule has 8 aromatic carbocycles. The Hall–Kier alpha value is -7.83. The van der Waals surface area contributed by atoms with Crippen LogP contribution in [0.3, 0.4) is 0 Å². The maximum atomic E-state index is 8.77. The first kappa shape index (κ1) is 23.2. The van der Waals surface area contributed by atoms with E-state index in [1.807, 2.05) is 66.7 Å². The third-order valence-corrected chi connectivity index (χ3v) is 10.3. The van der Waals surface area contributed by atoms with E-state index in [4.69, 9.17) is 36.9 Å². The number of nitrogens with zero attached hydrogens (tertiary/aromatic N) is 3. The van der Waals surface area contributed by atoms with Gasteiger partial charge in [-0.1, -0.05) is 121 Å². The molecular formula is C51H29N3O3. The second kappa shape index (κ2) is 12.3. The number of hydrogen-bond donors (Lipinski definition) is 0. The van der Waals surface area contributed by atoms with E-state index < -0.39 is 60.4 Å². The monoisotopic (exact) mass is 741 g/mol. The smallest absolute Gasteiger partial charge is 0.164 e. The number of benzene rings is 8. The first-order valence-electron chi connectivity index (χ1n) is 23.1. The van der Waals surface area contributed by atoms with Gasteiger partial charge in [0.2, 0.25) is 0 Å². The minimum Gasteiger partial charge on any atom is -0.456 e. The molecule has 266 valence electrons. The second-order valence-corrected chi connectivity index (χ2v) is 13.6. The summed E-state index contributed by atoms with van der Waals surface area (Å²) < 4.78 is 104. The van der Waals surface area contributed by atoms with E-state index in [2.05, 4.69) is 35.3 Å². The third kappa shape index (κ3) is 5.08. The van der Waals surface area contributed by atoms with Gasteiger partial charge < -0.3 is 13.3 Å². The summed E-state index contributed by atoms with van der Waals surface area (Å²) in [6, 6.07) is 31.2. The van der Waals surface area contributed by atoms with Gasteiger partial charge in [-0.25, -0.2) is 15.0 Å². The van der Waals surface area contributed by atoms with Gasteiger partial charge in [-0.3, -0.25) is 0 Å². The molecule has 0 aliphatic rings. The van der Waals surface area contributed by atoms with E-state index in [9.17, 15) is 0 Å². The molecule has 0 N–H and O–H groups in total. The largest absolute Gasteiger partial charge is 0.456 e. The number of furan rings is 3. The normalized spacial score (nSPS) is 14.3. The van der Waals surface area contributed by atoms with Crippen LogP contribution in [0.15, 0.2) is 189 Å². The first-order valence-corrected chi connectivity index (χ1v) is 18.1. The average molecular weight is 742 g/mol. The molecule has 12 rings (SSSR count). The van der Waals surface area contributed by atoms with Crippen molar-refractivity contribution in [3.8, 4) is 56.4 Å². The lowest BCUT2D eigenvalue weighted by Gasteiger charge is -2.09. The lowest BCUT2D eigenvalue weighted by molar-refractivity contribution is 0.668. The average Bonchev–Trinajstić information content (AvgIpc) is 4.04. The molecule has 0 spiro atoms. The van der Waals surface area contributed by atoms with E-state index in [0.717, 1.165) is 55.0 Å². The van der Waals surface area contributed by atoms with Crippen LogP contribution in [0.5, 0.6) is 0 Å². The van der Waals surface area contributed by atoms with Crippen molar-refractivity contribution in [3.63, 3.8) is 0 Å². The number of para-hydroxylation sites is 1. The number of hydrogen-bond acceptors (Lipinski definition) is 6. The molecular weight excluding hydrogens is 703 g/mol. The van der Waals surface area contributed by atoms with E-state index in [0.29, 0.717) is 38.7 Å². The molecule has 0 aliphatic heterocycles. The van der Waals surface area contributed by atoms with Crippen LogP contribution in [0.25, 0.3) is 122 Å². The van der Waals surface area contributed by atoms with Crippen LogP contribution in [0.1, 0.15) is 13.7 Å². The quantitative estimate of drug-likeness (QED) is 0.175. The van der Waals surface area contributed by atoms with Crippen LogP contribution in [0.2, 0.25) is 0 Å². The van der Waals surface area contributed by atoms with E-state index >= 15 is 0 Å². The Morgan fingerprint density at radius 2 is 0.825 bits per heavy atom. The van der Waals surface area contributed by atoms with Gasteiger partial charge in [0.25, 0.3) is 0 Å². The molecule has 12 aromatic rings. The summed E-state index contributed by atoms with van der Waals surface area (Å²) in [4.78, 5) is 13.8. The first-order chi connectivity index (χ1) is 32.4. The zero-order valence-corrected chi connectivity index (χ0v) is 29.5. The fraction of sp³-hybridized carbons (Fsp3) is 0. The van der Waals surface area contributed by atoms with Crippen molar-refractivity contribution in [2.24, 2.45) is 0 Å². The van der Waals surface area contributed by atoms with Crippen molar-refractivity contribution in [2.45, 2.75) is 0 Å². The highest BCUT2D eigenvalue weighted by molar-refractivity contribution is 6.16. The van der Waals surface area contributed by atoms with Gasteiger partial charge in [-0.05, 0) is 76.9 Å². The summed E-state index contributed by atoms with van der Waals surface area (Å²) in [6.45, 7) is 0. The molecule has 0 saturated carbocycles. The van der Waals surface area contributed by atoms with Crippen molar-refractivity contribution in [1.29, 1.82) is 0 Å². The fourth-order valence-corrected chi connectivity index (χ4v) is 7.78. The predicted molar refractivity (Wildman–Crippen MR) is 229 cm³/mol. The Kier molecular flexibility index (Phi) is 5.02. The SMILES string of the molecule is [2H]c1c([2H])c([2H])c(-c2nc(-c3c([2H])c([2H])c([2H])c([2H])c3[2H])nc(-c3cccc4oc5ccc(-c6cccc7oc8ccc(-c9ccc%10c(c9)oc9ccccc9%10)cc8c67)cc5c34)n2)c([2H])c1[2H]. The summed E-state index contributed by atoms with van der Waals surface area (Å²) in [5.41, 5.74) is 7.40. The topological polar surface area (TPSA) is 78.1 Å². The highest BCUT2D eigenvalue weighted by Gasteiger charge is 2.20. The summed E-state index contributed by atoms with van der Waals surface area (Å²) in [5.74, 6) is -0.775. The standard InChI is InChI=1S/C51H29N3O3/c1-3-11-30(12-4-1)49-52-50(31-13-5-2-6-14-31)54-51(53-49)38-17-10-20-45-48(38)40-28-34(23-26-43(40)56-45)35-16-9-19-44-47(35)39-27-32(22-25-42(39)55-44)33-21-24-37-36-15-7-8-18-41(36)57-46(37)29-33/h1-29H/i1D,2D,3D,4D,5D,6D,11D,12D,13D,14D. The molecule has 4 heterocycles. The Morgan fingerprint density at radius 3 is 1.53 bits per heavy atom. The molecule has 4 aromatic heterocycles. The van der Waals surface area contributed by atoms with Gasteiger partial charge in [0.05, 0.1) is 13.7 Å². The fourth-order valence-electron chi connectivity index (χ4n) is 7.78. The van der Waals surface area contributed by atoms with Gasteiger partial charge in [0.1, 0.15) is 33.5 Å². The second-order valence-electron chi connectivity index (χ2n) is 13.6. The zero-order chi connectivity index (χ0) is 46.2. The van der Waals surface area contributed by atoms with Gasteiger partial charge in [-0.2, -0.15) is 0 Å². The Balaban J connectivity index is 1.06. The van der Waals surface area contributed by atoms with E-state index in [1.54, 1.807) is 18.2 Å². The number of fused-ring (bicyclic) bond motifs is 9. The van der Waals surface area contributed by atoms with Crippen LogP contribution >= 0.6 is 0 Å². The maximum Gasteiger partial charge on any atom is 0.164 e. The Bertz CT molecular complexity index is 4000. The van der Waals surface area contributed by atoms with Crippen LogP contribution < -0.4 is 0 Å². The molecule has 0 atom stereocenters. The van der Waals surface area contributed by atoms with Crippen LogP contribution in [-0.4, -0.2) is 15.0 Å². The van der Waals surface area contributed by atoms with Crippen molar-refractivity contribution in [1.82, 2.24) is 15.0 Å². The van der Waals surface area contributed by atoms with E-state index in [1.165, 1.54) is 0 Å². The summed E-state index contributed by atoms with van der Waals surface area (Å²) in [6.07, 6.45) is 0. The lowest BCUT2D eigenvalue weighted by Crippen LogP contribution is -2.00. The summed E-state index contributed by atoms with van der Waals surface area (Å²) in [5, 5.41) is 5.15. The van der Waals surface area contributed by atoms with Gasteiger partial charge in [-0.15, -0.1) is 0 Å². The molecule has 0 bridgehead atoms. The van der Waals surface area contributed by atoms with Crippen molar-refractivity contribution in [3.05, 3.63) is 176 Å². The van der Waals surface area contributed by atoms with Gasteiger partial charge in [0, 0.05) is 49.0 Å². The number of rotatable bonds is 5. The van der Waals surface area contributed by atoms with Gasteiger partial charge in [0.15, 0.2) is 17.5 Å². The predicted octanol–water partition coefficient (Wildman–Crippen LogP) is 13.9. The maximum absolute atomic E-state index is 8.77. The van der Waals surface area contributed by atoms with Crippen molar-refractivity contribution in [2.75, 3.05) is 0 Å². The minimum absolute atomic E-state index is 0.0615. The molecule has 0 radical (unpaired) electrons. The summed E-state index contributed by atoms with van der Waals surface area (Å²) >= 11 is 0. The molecule has 57 heavy (non-hydrogen) atoms. The van der Waals surface area contributed by atoms with Gasteiger partial charge >= 0.3 is 0 Å². The van der Waals surface area contributed by atoms with Crippen molar-refractivity contribution >= 4 is 65.8 Å². The third-order valence-electron chi connectivity index (χ3n) is 10.3. The van der Waals surface area contributed by atoms with Crippen molar-refractivity contribution < 1.29 is 27.0 Å². The van der Waals surface area contributed by atoms with Crippen LogP contribution in [-0.2, 0) is 0 Å². The lowest BCUT2D eigenvalue weighted by atomic mass is 9.95. The molecule has 0 fully saturated rings. The highest BCUT2D eigenvalue weighted by Crippen LogP contribution is 2.42. The van der Waals surface area contributed by atoms with Crippen LogP contribution in [0.4, 0.5) is 0 Å². The van der Waals surface area contributed by atoms with E-state index in [-0.39, 0.29) is 28.6 Å². The Labute approximate surface area is 339 Å². The minimum atomic E-state index is -0.626. The molecule has 0 saturated heterocycles. The Morgan fingerprint density at radius 1 is 0.333 bits per heavy atom. The zero-order valence-electron chi connectivity index (χ0n) is 39.5. The molecule has 0 aliphatic carbocycles. The molecule has 0 unspecified atom stereocenters.